The van der Waals surface area contributed by atoms with Gasteiger partial charge in [0, 0.05) is 33.6 Å². The zero-order valence-corrected chi connectivity index (χ0v) is 19.7. The lowest BCUT2D eigenvalue weighted by atomic mass is 10.1. The molecule has 2 aliphatic rings. The van der Waals surface area contributed by atoms with Gasteiger partial charge in [-0.25, -0.2) is 19.0 Å². The highest BCUT2D eigenvalue weighted by Gasteiger charge is 2.45. The highest BCUT2D eigenvalue weighted by atomic mass is 32.2. The molecule has 0 bridgehead atoms. The molecular weight excluding hydrogens is 487 g/mol. The van der Waals surface area contributed by atoms with Crippen LogP contribution in [-0.4, -0.2) is 83.5 Å². The molecule has 2 aromatic heterocycles. The van der Waals surface area contributed by atoms with Crippen molar-refractivity contribution in [1.82, 2.24) is 25.0 Å². The number of benzene rings is 1. The average molecular weight is 534 g/mol. The van der Waals surface area contributed by atoms with Crippen LogP contribution in [0.3, 0.4) is 0 Å². The van der Waals surface area contributed by atoms with Gasteiger partial charge in [0.15, 0.2) is 22.1 Å². The molecule has 2 heterocycles. The summed E-state index contributed by atoms with van der Waals surface area (Å²) >= 11 is 0.318. The molecule has 3 aromatic rings. The van der Waals surface area contributed by atoms with Gasteiger partial charge in [-0.3, -0.25) is 0 Å². The summed E-state index contributed by atoms with van der Waals surface area (Å²) in [6.45, 7) is 0.783. The van der Waals surface area contributed by atoms with Crippen molar-refractivity contribution in [1.29, 1.82) is 0 Å². The SMILES string of the molecule is [2H]c1c([2H])c([C@]2([2H])C([2H])([2H])[C@@]2([2H])Nc2nc(SC([2H])([2H])CC)nc3c2nnn3[C@]2([2H])C([2H])([2H])[C@]([2H])(OCCO)[C@@]([2H])(O)[C@@]2([2H])O)c([2H])c(F)c1C. The zero-order chi connectivity index (χ0) is 38.9. The molecule has 0 aliphatic heterocycles. The summed E-state index contributed by atoms with van der Waals surface area (Å²) in [6.07, 6.45) is -18.8. The number of aliphatic hydroxyl groups excluding tert-OH is 1. The van der Waals surface area contributed by atoms with E-state index in [4.69, 9.17) is 25.3 Å². The zero-order valence-electron chi connectivity index (χ0n) is 33.9. The van der Waals surface area contributed by atoms with Gasteiger partial charge >= 0.3 is 0 Å². The van der Waals surface area contributed by atoms with Gasteiger partial charge in [-0.15, -0.1) is 5.10 Å². The Morgan fingerprint density at radius 2 is 2.19 bits per heavy atom. The fourth-order valence-corrected chi connectivity index (χ4v) is 3.67. The third kappa shape index (κ3) is 4.92. The number of aromatic nitrogens is 5. The van der Waals surface area contributed by atoms with E-state index >= 15 is 0 Å². The van der Waals surface area contributed by atoms with Gasteiger partial charge in [0.2, 0.25) is 0 Å². The van der Waals surface area contributed by atoms with Gasteiger partial charge in [-0.1, -0.05) is 36.0 Å². The third-order valence-corrected chi connectivity index (χ3v) is 5.70. The number of ether oxygens (including phenoxy) is 1. The number of aliphatic hydroxyl groups is 3. The molecule has 4 N–H and O–H groups in total. The lowest BCUT2D eigenvalue weighted by Crippen LogP contribution is -2.33. The maximum Gasteiger partial charge on any atom is 0.191 e. The van der Waals surface area contributed by atoms with Gasteiger partial charge < -0.3 is 25.4 Å². The largest absolute Gasteiger partial charge is 0.394 e. The first kappa shape index (κ1) is 12.9. The molecule has 2 fully saturated rings. The minimum absolute atomic E-state index is 0.0868. The van der Waals surface area contributed by atoms with E-state index < -0.39 is 125 Å². The summed E-state index contributed by atoms with van der Waals surface area (Å²) in [5.74, 6) is -5.07. The smallest absolute Gasteiger partial charge is 0.191 e. The number of nitrogens with zero attached hydrogens (tertiary/aromatic N) is 5. The van der Waals surface area contributed by atoms with Crippen molar-refractivity contribution in [2.45, 2.75) is 74.3 Å². The number of hydrogen-bond donors (Lipinski definition) is 4. The van der Waals surface area contributed by atoms with Crippen molar-refractivity contribution >= 4 is 28.7 Å². The van der Waals surface area contributed by atoms with Crippen molar-refractivity contribution in [2.24, 2.45) is 0 Å². The molecule has 0 unspecified atom stereocenters. The van der Waals surface area contributed by atoms with Crippen LogP contribution in [0.1, 0.15) is 69.7 Å². The van der Waals surface area contributed by atoms with Crippen molar-refractivity contribution in [3.63, 3.8) is 0 Å². The van der Waals surface area contributed by atoms with Gasteiger partial charge in [0.05, 0.1) is 36.3 Å². The Hall–Kier alpha value is -2.38. The van der Waals surface area contributed by atoms with Crippen LogP contribution >= 0.6 is 11.8 Å². The Kier molecular flexibility index (Phi) is 3.78. The molecule has 2 aliphatic carbocycles. The van der Waals surface area contributed by atoms with E-state index in [1.54, 1.807) is 0 Å². The van der Waals surface area contributed by atoms with Gasteiger partial charge in [0.25, 0.3) is 0 Å². The molecule has 1 aromatic carbocycles. The Morgan fingerprint density at radius 1 is 1.36 bits per heavy atom. The summed E-state index contributed by atoms with van der Waals surface area (Å²) in [4.78, 5) is 8.14. The number of anilines is 1. The maximum atomic E-state index is 15.0. The summed E-state index contributed by atoms with van der Waals surface area (Å²) < 4.78 is 148. The van der Waals surface area contributed by atoms with Crippen LogP contribution in [0.4, 0.5) is 10.2 Å². The molecule has 6 atom stereocenters. The van der Waals surface area contributed by atoms with Crippen molar-refractivity contribution in [3.05, 3.63) is 35.1 Å². The van der Waals surface area contributed by atoms with Crippen molar-refractivity contribution in [3.8, 4) is 0 Å². The number of thioether (sulfide) groups is 1. The Bertz CT molecular complexity index is 1910. The Morgan fingerprint density at radius 3 is 2.97 bits per heavy atom. The summed E-state index contributed by atoms with van der Waals surface area (Å²) in [6, 6.07) is -9.55. The highest BCUT2D eigenvalue weighted by Crippen LogP contribution is 2.44. The molecule has 10 nitrogen and oxygen atoms in total. The van der Waals surface area contributed by atoms with Crippen LogP contribution in [0, 0.1) is 12.7 Å². The molecule has 0 saturated heterocycles. The van der Waals surface area contributed by atoms with Crippen LogP contribution in [0.5, 0.6) is 0 Å². The molecule has 0 spiro atoms. The van der Waals surface area contributed by atoms with Crippen LogP contribution in [0.25, 0.3) is 11.2 Å². The molecular formula is C24H31FN6O4S. The van der Waals surface area contributed by atoms with E-state index in [-0.39, 0.29) is 11.1 Å². The Labute approximate surface area is 233 Å². The first-order chi connectivity index (χ1) is 23.1. The molecule has 0 radical (unpaired) electrons. The quantitative estimate of drug-likeness (QED) is 0.227. The fraction of sp³-hybridized carbons (Fsp3) is 0.583. The average Bonchev–Trinajstić information content (AvgIpc) is 3.31. The maximum absolute atomic E-state index is 15.0. The molecule has 2 saturated carbocycles. The predicted octanol–water partition coefficient (Wildman–Crippen LogP) is 2.18. The van der Waals surface area contributed by atoms with E-state index in [2.05, 4.69) is 25.6 Å². The monoisotopic (exact) mass is 533 g/mol. The third-order valence-electron chi connectivity index (χ3n) is 4.90. The number of nitrogens with one attached hydrogen (secondary N) is 1. The van der Waals surface area contributed by atoms with Crippen LogP contribution in [0.2, 0.25) is 0 Å². The lowest BCUT2D eigenvalue weighted by molar-refractivity contribution is -0.0629. The summed E-state index contributed by atoms with van der Waals surface area (Å²) in [5, 5.41) is 40.5. The number of hydrogen-bond acceptors (Lipinski definition) is 10. The van der Waals surface area contributed by atoms with E-state index in [1.807, 2.05) is 0 Å². The molecule has 194 valence electrons. The number of halogens is 1. The minimum atomic E-state index is -4.06. The van der Waals surface area contributed by atoms with Crippen LogP contribution < -0.4 is 5.32 Å². The van der Waals surface area contributed by atoms with Gasteiger partial charge in [-0.2, -0.15) is 0 Å². The standard InChI is InChI=1S/C24H31FN6O4S/c1-3-8-36-24-27-22(26-16-10-14(16)13-5-4-12(2)15(25)9-13)19-23(28-24)31(30-29-19)17-11-18(35-7-6-32)21(34)20(17)33/h4-5,9,14,16-18,20-21,32-34H,3,6-8,10-11H2,1-2H3,(H,26,27,28)/t14-,16+,17+,18-,20-,21+/m0/s1/i4D,5D,8D2,9D,10D2,11D2,14D,16D,17D,18D,20D,21D. The summed E-state index contributed by atoms with van der Waals surface area (Å²) in [5.41, 5.74) is -5.08. The van der Waals surface area contributed by atoms with Crippen LogP contribution in [-0.2, 0) is 4.74 Å². The molecule has 36 heavy (non-hydrogen) atoms. The first-order valence-electron chi connectivity index (χ1n) is 18.1. The lowest BCUT2D eigenvalue weighted by Gasteiger charge is -2.17. The van der Waals surface area contributed by atoms with Crippen molar-refractivity contribution in [2.75, 3.05) is 24.2 Å². The second kappa shape index (κ2) is 10.5. The first-order valence-corrected chi connectivity index (χ1v) is 11.4. The van der Waals surface area contributed by atoms with Crippen LogP contribution in [0.15, 0.2) is 23.3 Å². The molecule has 5 rings (SSSR count). The fourth-order valence-electron chi connectivity index (χ4n) is 3.13. The van der Waals surface area contributed by atoms with Gasteiger partial charge in [-0.05, 0) is 36.9 Å². The Balaban J connectivity index is 1.77. The van der Waals surface area contributed by atoms with E-state index in [1.165, 1.54) is 6.92 Å². The highest BCUT2D eigenvalue weighted by molar-refractivity contribution is 7.99. The number of rotatable bonds is 10. The minimum Gasteiger partial charge on any atom is -0.394 e. The van der Waals surface area contributed by atoms with E-state index in [0.717, 1.165) is 6.92 Å². The second-order valence-corrected chi connectivity index (χ2v) is 8.25. The molecule has 0 amide bonds. The molecule has 12 heteroatoms. The van der Waals surface area contributed by atoms with Gasteiger partial charge in [0.1, 0.15) is 18.0 Å². The van der Waals surface area contributed by atoms with Crippen molar-refractivity contribution < 1.29 is 45.0 Å². The van der Waals surface area contributed by atoms with E-state index in [0.29, 0.717) is 11.8 Å². The normalized spacial score (nSPS) is 49.1. The van der Waals surface area contributed by atoms with E-state index in [9.17, 15) is 19.7 Å². The topological polar surface area (TPSA) is 138 Å². The second-order valence-electron chi connectivity index (χ2n) is 7.39. The number of fused-ring (bicyclic) bond motifs is 1. The summed E-state index contributed by atoms with van der Waals surface area (Å²) in [7, 11) is 0. The predicted molar refractivity (Wildman–Crippen MR) is 133 cm³/mol.